The highest BCUT2D eigenvalue weighted by molar-refractivity contribution is 9.10. The zero-order valence-electron chi connectivity index (χ0n) is 10.7. The molecular weight excluding hydrogens is 282 g/mol. The van der Waals surface area contributed by atoms with Gasteiger partial charge in [-0.3, -0.25) is 0 Å². The minimum absolute atomic E-state index is 0.488. The minimum atomic E-state index is -0.732. The number of benzene rings is 1. The van der Waals surface area contributed by atoms with Crippen molar-refractivity contribution in [2.24, 2.45) is 0 Å². The number of anilines is 1. The van der Waals surface area contributed by atoms with Crippen molar-refractivity contribution < 1.29 is 10.2 Å². The fourth-order valence-corrected chi connectivity index (χ4v) is 2.46. The molecule has 0 radical (unpaired) electrons. The van der Waals surface area contributed by atoms with E-state index in [-0.39, 0.29) is 0 Å². The molecule has 0 bridgehead atoms. The average molecular weight is 302 g/mol. The van der Waals surface area contributed by atoms with Crippen LogP contribution in [0.5, 0.6) is 0 Å². The van der Waals surface area contributed by atoms with Crippen LogP contribution in [0.2, 0.25) is 0 Å². The fraction of sp³-hybridized carbons (Fsp3) is 0.538. The molecule has 0 spiro atoms. The van der Waals surface area contributed by atoms with Gasteiger partial charge in [0.15, 0.2) is 0 Å². The summed E-state index contributed by atoms with van der Waals surface area (Å²) in [6, 6.07) is 5.79. The molecule has 1 aromatic carbocycles. The zero-order chi connectivity index (χ0) is 13.2. The molecule has 1 aromatic rings. The Morgan fingerprint density at radius 2 is 2.00 bits per heavy atom. The highest BCUT2D eigenvalue weighted by Gasteiger charge is 2.16. The van der Waals surface area contributed by atoms with Crippen molar-refractivity contribution in [2.75, 3.05) is 18.5 Å². The van der Waals surface area contributed by atoms with E-state index in [1.165, 1.54) is 0 Å². The lowest BCUT2D eigenvalue weighted by molar-refractivity contribution is 0.0886. The Morgan fingerprint density at radius 1 is 1.41 bits per heavy atom. The molecule has 0 saturated carbocycles. The molecule has 1 unspecified atom stereocenters. The van der Waals surface area contributed by atoms with E-state index >= 15 is 0 Å². The van der Waals surface area contributed by atoms with Gasteiger partial charge in [-0.25, -0.2) is 0 Å². The van der Waals surface area contributed by atoms with Crippen LogP contribution in [0.4, 0.5) is 5.69 Å². The maximum Gasteiger partial charge on any atom is 0.0772 e. The van der Waals surface area contributed by atoms with E-state index in [2.05, 4.69) is 15.9 Å². The maximum absolute atomic E-state index is 9.77. The molecule has 0 heterocycles. The predicted octanol–water partition coefficient (Wildman–Crippen LogP) is 2.71. The van der Waals surface area contributed by atoms with Gasteiger partial charge in [0.1, 0.15) is 0 Å². The van der Waals surface area contributed by atoms with E-state index in [0.29, 0.717) is 6.54 Å². The van der Waals surface area contributed by atoms with Crippen LogP contribution < -0.4 is 4.90 Å². The Bertz CT molecular complexity index is 385. The number of likely N-dealkylation sites (N-methyl/N-ethyl adjacent to an activating group) is 1. The smallest absolute Gasteiger partial charge is 0.0772 e. The molecule has 0 aliphatic rings. The Hall–Kier alpha value is -0.580. The quantitative estimate of drug-likeness (QED) is 0.899. The summed E-state index contributed by atoms with van der Waals surface area (Å²) in [5.41, 5.74) is 1.14. The first-order valence-corrected chi connectivity index (χ1v) is 6.41. The molecular formula is C13H20BrNO2. The van der Waals surface area contributed by atoms with Crippen molar-refractivity contribution in [3.63, 3.8) is 0 Å². The maximum atomic E-state index is 9.77. The Kier molecular flexibility index (Phi) is 4.58. The first kappa shape index (κ1) is 14.5. The van der Waals surface area contributed by atoms with Crippen molar-refractivity contribution in [1.82, 2.24) is 0 Å². The standard InChI is InChI=1S/C13H20BrNO2/c1-9(16)11-6-5-10(7-12(11)14)15(4)8-13(2,3)17/h5-7,9,16-17H,8H2,1-4H3. The molecule has 0 amide bonds. The Balaban J connectivity index is 2.90. The molecule has 2 N–H and O–H groups in total. The molecule has 0 aliphatic carbocycles. The molecule has 1 atom stereocenters. The second-order valence-electron chi connectivity index (χ2n) is 5.05. The van der Waals surface area contributed by atoms with Crippen molar-refractivity contribution >= 4 is 21.6 Å². The summed E-state index contributed by atoms with van der Waals surface area (Å²) in [5.74, 6) is 0. The van der Waals surface area contributed by atoms with Gasteiger partial charge in [-0.05, 0) is 38.5 Å². The second-order valence-corrected chi connectivity index (χ2v) is 5.90. The van der Waals surface area contributed by atoms with Crippen LogP contribution in [0.3, 0.4) is 0 Å². The molecule has 96 valence electrons. The van der Waals surface area contributed by atoms with Crippen LogP contribution in [-0.4, -0.2) is 29.4 Å². The number of hydrogen-bond donors (Lipinski definition) is 2. The van der Waals surface area contributed by atoms with Gasteiger partial charge in [-0.15, -0.1) is 0 Å². The number of nitrogens with zero attached hydrogens (tertiary/aromatic N) is 1. The number of hydrogen-bond acceptors (Lipinski definition) is 3. The third-order valence-corrected chi connectivity index (χ3v) is 3.19. The monoisotopic (exact) mass is 301 g/mol. The summed E-state index contributed by atoms with van der Waals surface area (Å²) in [4.78, 5) is 1.98. The van der Waals surface area contributed by atoms with Crippen molar-refractivity contribution in [2.45, 2.75) is 32.5 Å². The molecule has 0 fully saturated rings. The minimum Gasteiger partial charge on any atom is -0.389 e. The fourth-order valence-electron chi connectivity index (χ4n) is 1.76. The molecule has 4 heteroatoms. The zero-order valence-corrected chi connectivity index (χ0v) is 12.3. The van der Waals surface area contributed by atoms with Gasteiger partial charge >= 0.3 is 0 Å². The SMILES string of the molecule is CC(O)c1ccc(N(C)CC(C)(C)O)cc1Br. The van der Waals surface area contributed by atoms with E-state index in [1.807, 2.05) is 30.1 Å². The second kappa shape index (κ2) is 5.38. The van der Waals surface area contributed by atoms with Crippen molar-refractivity contribution in [3.8, 4) is 0 Å². The van der Waals surface area contributed by atoms with Crippen LogP contribution in [0.15, 0.2) is 22.7 Å². The average Bonchev–Trinajstić information content (AvgIpc) is 2.14. The number of rotatable bonds is 4. The summed E-state index contributed by atoms with van der Waals surface area (Å²) >= 11 is 3.45. The van der Waals surface area contributed by atoms with Crippen molar-refractivity contribution in [1.29, 1.82) is 0 Å². The highest BCUT2D eigenvalue weighted by atomic mass is 79.9. The first-order valence-electron chi connectivity index (χ1n) is 5.62. The van der Waals surface area contributed by atoms with E-state index in [0.717, 1.165) is 15.7 Å². The molecule has 0 aliphatic heterocycles. The summed E-state index contributed by atoms with van der Waals surface area (Å²) in [6.45, 7) is 5.85. The predicted molar refractivity (Wildman–Crippen MR) is 74.3 cm³/mol. The van der Waals surface area contributed by atoms with Gasteiger partial charge in [0, 0.05) is 23.8 Å². The molecule has 1 rings (SSSR count). The largest absolute Gasteiger partial charge is 0.389 e. The van der Waals surface area contributed by atoms with Crippen molar-refractivity contribution in [3.05, 3.63) is 28.2 Å². The van der Waals surface area contributed by atoms with Crippen LogP contribution in [-0.2, 0) is 0 Å². The lowest BCUT2D eigenvalue weighted by Crippen LogP contribution is -2.36. The molecule has 0 aromatic heterocycles. The number of aliphatic hydroxyl groups excluding tert-OH is 1. The summed E-state index contributed by atoms with van der Waals surface area (Å²) in [5, 5.41) is 19.3. The third kappa shape index (κ3) is 4.30. The van der Waals surface area contributed by atoms with Gasteiger partial charge in [-0.2, -0.15) is 0 Å². The van der Waals surface area contributed by atoms with Gasteiger partial charge in [0.05, 0.1) is 11.7 Å². The van der Waals surface area contributed by atoms with Crippen LogP contribution in [0.25, 0.3) is 0 Å². The number of halogens is 1. The number of aliphatic hydroxyl groups is 2. The molecule has 0 saturated heterocycles. The van der Waals surface area contributed by atoms with Crippen LogP contribution in [0, 0.1) is 0 Å². The molecule has 3 nitrogen and oxygen atoms in total. The lowest BCUT2D eigenvalue weighted by atomic mass is 10.1. The summed E-state index contributed by atoms with van der Waals surface area (Å²) in [7, 11) is 1.93. The van der Waals surface area contributed by atoms with Gasteiger partial charge in [0.2, 0.25) is 0 Å². The van der Waals surface area contributed by atoms with E-state index in [9.17, 15) is 10.2 Å². The first-order chi connectivity index (χ1) is 7.70. The lowest BCUT2D eigenvalue weighted by Gasteiger charge is -2.27. The highest BCUT2D eigenvalue weighted by Crippen LogP contribution is 2.28. The third-order valence-electron chi connectivity index (χ3n) is 2.50. The van der Waals surface area contributed by atoms with Crippen LogP contribution in [0.1, 0.15) is 32.4 Å². The van der Waals surface area contributed by atoms with Gasteiger partial charge in [0.25, 0.3) is 0 Å². The van der Waals surface area contributed by atoms with Gasteiger partial charge < -0.3 is 15.1 Å². The Labute approximate surface area is 111 Å². The normalized spacial score (nSPS) is 13.6. The topological polar surface area (TPSA) is 43.7 Å². The summed E-state index contributed by atoms with van der Waals surface area (Å²) in [6.07, 6.45) is -0.488. The summed E-state index contributed by atoms with van der Waals surface area (Å²) < 4.78 is 0.882. The Morgan fingerprint density at radius 3 is 2.41 bits per heavy atom. The van der Waals surface area contributed by atoms with E-state index < -0.39 is 11.7 Å². The van der Waals surface area contributed by atoms with E-state index in [1.54, 1.807) is 20.8 Å². The van der Waals surface area contributed by atoms with E-state index in [4.69, 9.17) is 0 Å². The molecule has 17 heavy (non-hydrogen) atoms. The van der Waals surface area contributed by atoms with Crippen LogP contribution >= 0.6 is 15.9 Å². The van der Waals surface area contributed by atoms with Gasteiger partial charge in [-0.1, -0.05) is 22.0 Å².